The minimum absolute atomic E-state index is 0.130. The SMILES string of the molecule is Cn1cc([C@@H]2CCCN2C(=O)c2cnc(C3CC3)s2)cn1. The molecule has 4 rings (SSSR count). The second-order valence-corrected chi connectivity index (χ2v) is 7.00. The summed E-state index contributed by atoms with van der Waals surface area (Å²) in [5.74, 6) is 0.745. The van der Waals surface area contributed by atoms with Crippen molar-refractivity contribution in [3.63, 3.8) is 0 Å². The van der Waals surface area contributed by atoms with Crippen LogP contribution in [-0.2, 0) is 7.05 Å². The fourth-order valence-corrected chi connectivity index (χ4v) is 4.06. The van der Waals surface area contributed by atoms with Crippen molar-refractivity contribution < 1.29 is 4.79 Å². The van der Waals surface area contributed by atoms with Gasteiger partial charge in [0.05, 0.1) is 23.4 Å². The van der Waals surface area contributed by atoms with Gasteiger partial charge < -0.3 is 4.90 Å². The number of carbonyl (C=O) groups is 1. The van der Waals surface area contributed by atoms with E-state index in [0.29, 0.717) is 5.92 Å². The van der Waals surface area contributed by atoms with Crippen LogP contribution in [0.1, 0.15) is 57.9 Å². The molecular formula is C15H18N4OS. The highest BCUT2D eigenvalue weighted by Crippen LogP contribution is 2.42. The predicted octanol–water partition coefficient (Wildman–Crippen LogP) is 2.73. The van der Waals surface area contributed by atoms with Crippen molar-refractivity contribution in [2.24, 2.45) is 7.05 Å². The van der Waals surface area contributed by atoms with E-state index in [2.05, 4.69) is 10.1 Å². The maximum absolute atomic E-state index is 12.8. The van der Waals surface area contributed by atoms with Gasteiger partial charge in [-0.1, -0.05) is 0 Å². The van der Waals surface area contributed by atoms with Gasteiger partial charge in [-0.3, -0.25) is 9.48 Å². The Morgan fingerprint density at radius 2 is 2.19 bits per heavy atom. The topological polar surface area (TPSA) is 51.0 Å². The minimum atomic E-state index is 0.130. The van der Waals surface area contributed by atoms with Crippen molar-refractivity contribution in [2.45, 2.75) is 37.6 Å². The summed E-state index contributed by atoms with van der Waals surface area (Å²) in [7, 11) is 1.91. The van der Waals surface area contributed by atoms with E-state index in [4.69, 9.17) is 0 Å². The number of nitrogens with zero attached hydrogens (tertiary/aromatic N) is 4. The largest absolute Gasteiger partial charge is 0.331 e. The molecule has 1 saturated heterocycles. The van der Waals surface area contributed by atoms with Gasteiger partial charge in [0.2, 0.25) is 0 Å². The molecule has 0 aromatic carbocycles. The van der Waals surface area contributed by atoms with Gasteiger partial charge in [0.15, 0.2) is 0 Å². The molecule has 0 N–H and O–H groups in total. The van der Waals surface area contributed by atoms with Gasteiger partial charge in [-0.15, -0.1) is 11.3 Å². The van der Waals surface area contributed by atoms with Crippen LogP contribution < -0.4 is 0 Å². The molecule has 2 aromatic heterocycles. The first-order valence-electron chi connectivity index (χ1n) is 7.47. The van der Waals surface area contributed by atoms with Gasteiger partial charge in [0.1, 0.15) is 4.88 Å². The lowest BCUT2D eigenvalue weighted by atomic mass is 10.1. The number of aromatic nitrogens is 3. The molecule has 0 radical (unpaired) electrons. The predicted molar refractivity (Wildman–Crippen MR) is 80.3 cm³/mol. The van der Waals surface area contributed by atoms with Crippen molar-refractivity contribution in [1.29, 1.82) is 0 Å². The zero-order valence-electron chi connectivity index (χ0n) is 12.0. The van der Waals surface area contributed by atoms with Crippen LogP contribution in [0, 0.1) is 0 Å². The number of hydrogen-bond donors (Lipinski definition) is 0. The Bertz CT molecular complexity index is 673. The number of likely N-dealkylation sites (tertiary alicyclic amines) is 1. The molecule has 6 heteroatoms. The van der Waals surface area contributed by atoms with Gasteiger partial charge in [0, 0.05) is 31.3 Å². The fraction of sp³-hybridized carbons (Fsp3) is 0.533. The summed E-state index contributed by atoms with van der Waals surface area (Å²) in [6, 6.07) is 0.165. The third-order valence-electron chi connectivity index (χ3n) is 4.28. The highest BCUT2D eigenvalue weighted by Gasteiger charge is 2.33. The Hall–Kier alpha value is -1.69. The van der Waals surface area contributed by atoms with Gasteiger partial charge in [-0.25, -0.2) is 4.98 Å². The van der Waals surface area contributed by atoms with Crippen molar-refractivity contribution in [3.05, 3.63) is 34.0 Å². The molecule has 2 fully saturated rings. The Kier molecular flexibility index (Phi) is 3.06. The molecule has 1 saturated carbocycles. The maximum Gasteiger partial charge on any atom is 0.266 e. The van der Waals surface area contributed by atoms with Crippen LogP contribution in [-0.4, -0.2) is 32.1 Å². The minimum Gasteiger partial charge on any atom is -0.331 e. The zero-order valence-corrected chi connectivity index (χ0v) is 12.8. The summed E-state index contributed by atoms with van der Waals surface area (Å²) in [5, 5.41) is 5.37. The smallest absolute Gasteiger partial charge is 0.266 e. The molecule has 2 aliphatic rings. The van der Waals surface area contributed by atoms with E-state index in [1.165, 1.54) is 12.8 Å². The first kappa shape index (κ1) is 13.0. The number of aryl methyl sites for hydroxylation is 1. The fourth-order valence-electron chi connectivity index (χ4n) is 3.02. The average Bonchev–Trinajstić information content (AvgIpc) is 2.94. The molecule has 1 aliphatic heterocycles. The Morgan fingerprint density at radius 1 is 1.33 bits per heavy atom. The van der Waals surface area contributed by atoms with E-state index in [1.807, 2.05) is 24.3 Å². The summed E-state index contributed by atoms with van der Waals surface area (Å²) in [6.45, 7) is 0.828. The third kappa shape index (κ3) is 2.37. The van der Waals surface area contributed by atoms with Crippen LogP contribution in [0.3, 0.4) is 0 Å². The molecule has 0 bridgehead atoms. The number of carbonyl (C=O) groups excluding carboxylic acids is 1. The number of hydrogen-bond acceptors (Lipinski definition) is 4. The van der Waals surface area contributed by atoms with Crippen LogP contribution in [0.2, 0.25) is 0 Å². The summed E-state index contributed by atoms with van der Waals surface area (Å²) < 4.78 is 1.80. The van der Waals surface area contributed by atoms with E-state index in [-0.39, 0.29) is 11.9 Å². The normalized spacial score (nSPS) is 22.0. The summed E-state index contributed by atoms with van der Waals surface area (Å²) in [5.41, 5.74) is 1.13. The van der Waals surface area contributed by atoms with Crippen LogP contribution in [0.4, 0.5) is 0 Å². The summed E-state index contributed by atoms with van der Waals surface area (Å²) in [4.78, 5) is 20.0. The van der Waals surface area contributed by atoms with E-state index < -0.39 is 0 Å². The third-order valence-corrected chi connectivity index (χ3v) is 5.43. The first-order chi connectivity index (χ1) is 10.2. The van der Waals surface area contributed by atoms with E-state index in [9.17, 15) is 4.79 Å². The van der Waals surface area contributed by atoms with Gasteiger partial charge in [0.25, 0.3) is 5.91 Å². The molecule has 0 unspecified atom stereocenters. The highest BCUT2D eigenvalue weighted by atomic mass is 32.1. The van der Waals surface area contributed by atoms with Crippen molar-refractivity contribution in [1.82, 2.24) is 19.7 Å². The van der Waals surface area contributed by atoms with Crippen LogP contribution in [0.25, 0.3) is 0 Å². The Balaban J connectivity index is 1.56. The molecule has 2 aromatic rings. The Labute approximate surface area is 127 Å². The zero-order chi connectivity index (χ0) is 14.4. The summed E-state index contributed by atoms with van der Waals surface area (Å²) >= 11 is 1.58. The van der Waals surface area contributed by atoms with E-state index >= 15 is 0 Å². The molecule has 5 nitrogen and oxygen atoms in total. The highest BCUT2D eigenvalue weighted by molar-refractivity contribution is 7.13. The van der Waals surface area contributed by atoms with Crippen LogP contribution >= 0.6 is 11.3 Å². The maximum atomic E-state index is 12.8. The number of rotatable bonds is 3. The lowest BCUT2D eigenvalue weighted by molar-refractivity contribution is 0.0740. The van der Waals surface area contributed by atoms with E-state index in [1.54, 1.807) is 22.2 Å². The molecular weight excluding hydrogens is 284 g/mol. The summed E-state index contributed by atoms with van der Waals surface area (Å²) in [6.07, 6.45) is 10.2. The second-order valence-electron chi connectivity index (χ2n) is 5.94. The van der Waals surface area contributed by atoms with Crippen LogP contribution in [0.5, 0.6) is 0 Å². The Morgan fingerprint density at radius 3 is 2.90 bits per heavy atom. The molecule has 1 atom stereocenters. The molecule has 1 amide bonds. The average molecular weight is 302 g/mol. The second kappa shape index (κ2) is 4.94. The quantitative estimate of drug-likeness (QED) is 0.876. The van der Waals surface area contributed by atoms with Crippen molar-refractivity contribution in [3.8, 4) is 0 Å². The first-order valence-corrected chi connectivity index (χ1v) is 8.29. The van der Waals surface area contributed by atoms with Gasteiger partial charge in [-0.2, -0.15) is 5.10 Å². The van der Waals surface area contributed by atoms with Gasteiger partial charge >= 0.3 is 0 Å². The lowest BCUT2D eigenvalue weighted by Gasteiger charge is -2.23. The van der Waals surface area contributed by atoms with E-state index in [0.717, 1.165) is 34.8 Å². The monoisotopic (exact) mass is 302 g/mol. The molecule has 21 heavy (non-hydrogen) atoms. The number of amides is 1. The lowest BCUT2D eigenvalue weighted by Crippen LogP contribution is -2.29. The van der Waals surface area contributed by atoms with Gasteiger partial charge in [-0.05, 0) is 25.7 Å². The van der Waals surface area contributed by atoms with Crippen molar-refractivity contribution in [2.75, 3.05) is 6.54 Å². The van der Waals surface area contributed by atoms with Crippen LogP contribution in [0.15, 0.2) is 18.6 Å². The molecule has 110 valence electrons. The molecule has 0 spiro atoms. The van der Waals surface area contributed by atoms with Crippen molar-refractivity contribution >= 4 is 17.2 Å². The molecule has 1 aliphatic carbocycles. The molecule has 3 heterocycles. The standard InChI is InChI=1S/C15H18N4OS/c1-18-9-11(7-17-18)12-3-2-6-19(12)15(20)13-8-16-14(21-13)10-4-5-10/h7-10,12H,2-6H2,1H3/t12-/m0/s1. The number of thiazole rings is 1.